The highest BCUT2D eigenvalue weighted by Crippen LogP contribution is 2.22. The van der Waals surface area contributed by atoms with Crippen molar-refractivity contribution in [1.82, 2.24) is 14.0 Å². The number of nitrogens with zero attached hydrogens (tertiary/aromatic N) is 5. The van der Waals surface area contributed by atoms with Gasteiger partial charge in [-0.05, 0) is 57.9 Å². The van der Waals surface area contributed by atoms with E-state index in [1.807, 2.05) is 19.9 Å². The minimum atomic E-state index is -0.793. The third-order valence-corrected chi connectivity index (χ3v) is 6.41. The van der Waals surface area contributed by atoms with Gasteiger partial charge in [0.1, 0.15) is 16.9 Å². The maximum atomic E-state index is 13.6. The Labute approximate surface area is 228 Å². The van der Waals surface area contributed by atoms with Crippen LogP contribution in [0.15, 0.2) is 52.4 Å². The Morgan fingerprint density at radius 1 is 1.07 bits per heavy atom. The number of pyridine rings is 2. The lowest BCUT2D eigenvalue weighted by molar-refractivity contribution is -0.385. The molecule has 12 nitrogen and oxygen atoms in total. The standard InChI is InChI=1S/C28H29N5O7/c1-5-39-15-9-14-31-24-20(27(35)32-13-8-10-17(3)23(32)29-24)16-21(28(36)40-6-2)25(31)30-26(34)19-11-7-12-22(18(19)4)33(37)38/h7-8,10-13,16H,5-6,9,14-15H2,1-4H3. The zero-order chi connectivity index (χ0) is 29.0. The molecule has 40 heavy (non-hydrogen) atoms. The van der Waals surface area contributed by atoms with E-state index in [-0.39, 0.29) is 52.1 Å². The Balaban J connectivity index is 2.10. The van der Waals surface area contributed by atoms with Crippen molar-refractivity contribution in [3.05, 3.63) is 90.8 Å². The van der Waals surface area contributed by atoms with Gasteiger partial charge in [-0.1, -0.05) is 12.1 Å². The summed E-state index contributed by atoms with van der Waals surface area (Å²) in [4.78, 5) is 60.1. The van der Waals surface area contributed by atoms with Crippen LogP contribution in [-0.2, 0) is 16.0 Å². The van der Waals surface area contributed by atoms with Gasteiger partial charge in [-0.2, -0.15) is 4.99 Å². The van der Waals surface area contributed by atoms with Crippen molar-refractivity contribution < 1.29 is 24.0 Å². The third-order valence-electron chi connectivity index (χ3n) is 6.41. The summed E-state index contributed by atoms with van der Waals surface area (Å²) in [5, 5.41) is 11.6. The molecule has 1 amide bonds. The fourth-order valence-electron chi connectivity index (χ4n) is 4.46. The number of hydrogen-bond donors (Lipinski definition) is 0. The lowest BCUT2D eigenvalue weighted by atomic mass is 10.1. The molecule has 0 N–H and O–H groups in total. The number of fused-ring (bicyclic) bond motifs is 2. The number of ether oxygens (including phenoxy) is 2. The average Bonchev–Trinajstić information content (AvgIpc) is 2.92. The number of hydrogen-bond acceptors (Lipinski definition) is 8. The molecule has 4 aromatic rings. The lowest BCUT2D eigenvalue weighted by Gasteiger charge is -2.16. The maximum absolute atomic E-state index is 13.6. The summed E-state index contributed by atoms with van der Waals surface area (Å²) >= 11 is 0. The quantitative estimate of drug-likeness (QED) is 0.102. The van der Waals surface area contributed by atoms with Gasteiger partial charge >= 0.3 is 5.97 Å². The first-order valence-electron chi connectivity index (χ1n) is 12.8. The number of nitro benzene ring substituents is 1. The van der Waals surface area contributed by atoms with E-state index >= 15 is 0 Å². The zero-order valence-electron chi connectivity index (χ0n) is 22.7. The SMILES string of the molecule is CCOCCCn1c(=NC(=O)c2cccc([N+](=O)[O-])c2C)c(C(=O)OCC)cc2c(=O)n3cccc(C)c3nc21. The van der Waals surface area contributed by atoms with Crippen LogP contribution in [0.4, 0.5) is 5.69 Å². The van der Waals surface area contributed by atoms with E-state index in [9.17, 15) is 24.5 Å². The zero-order valence-corrected chi connectivity index (χ0v) is 22.7. The minimum Gasteiger partial charge on any atom is -0.462 e. The second kappa shape index (κ2) is 12.0. The van der Waals surface area contributed by atoms with Gasteiger partial charge < -0.3 is 14.0 Å². The Morgan fingerprint density at radius 3 is 2.55 bits per heavy atom. The summed E-state index contributed by atoms with van der Waals surface area (Å²) < 4.78 is 13.7. The second-order valence-corrected chi connectivity index (χ2v) is 8.97. The number of carbonyl (C=O) groups is 2. The number of benzene rings is 1. The van der Waals surface area contributed by atoms with Crippen molar-refractivity contribution in [3.8, 4) is 0 Å². The van der Waals surface area contributed by atoms with E-state index in [1.165, 1.54) is 35.6 Å². The third kappa shape index (κ3) is 5.38. The molecule has 4 rings (SSSR count). The smallest absolute Gasteiger partial charge is 0.341 e. The molecular formula is C28H29N5O7. The average molecular weight is 548 g/mol. The predicted octanol–water partition coefficient (Wildman–Crippen LogP) is 3.52. The molecule has 0 radical (unpaired) electrons. The first-order chi connectivity index (χ1) is 19.2. The molecule has 0 aliphatic rings. The van der Waals surface area contributed by atoms with Gasteiger partial charge in [-0.15, -0.1) is 0 Å². The summed E-state index contributed by atoms with van der Waals surface area (Å²) in [6, 6.07) is 9.01. The number of amides is 1. The molecule has 0 saturated carbocycles. The van der Waals surface area contributed by atoms with Gasteiger partial charge in [0, 0.05) is 37.6 Å². The van der Waals surface area contributed by atoms with Crippen LogP contribution in [0.5, 0.6) is 0 Å². The molecule has 0 saturated heterocycles. The van der Waals surface area contributed by atoms with Crippen molar-refractivity contribution in [2.75, 3.05) is 19.8 Å². The Hall–Kier alpha value is -4.71. The van der Waals surface area contributed by atoms with E-state index in [4.69, 9.17) is 14.5 Å². The van der Waals surface area contributed by atoms with Crippen molar-refractivity contribution in [1.29, 1.82) is 0 Å². The molecule has 3 aromatic heterocycles. The topological polar surface area (TPSA) is 147 Å². The Bertz CT molecular complexity index is 1770. The number of rotatable bonds is 9. The second-order valence-electron chi connectivity index (χ2n) is 8.97. The molecule has 0 fully saturated rings. The molecule has 208 valence electrons. The molecule has 0 aliphatic carbocycles. The highest BCUT2D eigenvalue weighted by molar-refractivity contribution is 5.98. The van der Waals surface area contributed by atoms with Gasteiger partial charge in [0.2, 0.25) is 0 Å². The lowest BCUT2D eigenvalue weighted by Crippen LogP contribution is -2.33. The Morgan fingerprint density at radius 2 is 1.85 bits per heavy atom. The molecule has 12 heteroatoms. The monoisotopic (exact) mass is 547 g/mol. The normalized spacial score (nSPS) is 11.8. The number of nitro groups is 1. The molecule has 0 aliphatic heterocycles. The minimum absolute atomic E-state index is 0.00681. The molecule has 3 heterocycles. The molecule has 1 aromatic carbocycles. The molecular weight excluding hydrogens is 518 g/mol. The van der Waals surface area contributed by atoms with Crippen molar-refractivity contribution in [2.45, 2.75) is 40.7 Å². The fourth-order valence-corrected chi connectivity index (χ4v) is 4.46. The van der Waals surface area contributed by atoms with Crippen LogP contribution >= 0.6 is 0 Å². The van der Waals surface area contributed by atoms with E-state index in [0.29, 0.717) is 25.3 Å². The first kappa shape index (κ1) is 28.3. The highest BCUT2D eigenvalue weighted by atomic mass is 16.6. The van der Waals surface area contributed by atoms with Crippen LogP contribution in [0.3, 0.4) is 0 Å². The van der Waals surface area contributed by atoms with Gasteiger partial charge in [0.25, 0.3) is 17.2 Å². The predicted molar refractivity (Wildman–Crippen MR) is 146 cm³/mol. The Kier molecular flexibility index (Phi) is 8.49. The summed E-state index contributed by atoms with van der Waals surface area (Å²) in [6.07, 6.45) is 2.05. The fraction of sp³-hybridized carbons (Fsp3) is 0.321. The van der Waals surface area contributed by atoms with Crippen molar-refractivity contribution in [2.24, 2.45) is 4.99 Å². The van der Waals surface area contributed by atoms with Crippen LogP contribution in [0.1, 0.15) is 52.1 Å². The number of esters is 1. The number of carbonyl (C=O) groups excluding carboxylic acids is 2. The van der Waals surface area contributed by atoms with Crippen LogP contribution in [-0.4, -0.2) is 50.6 Å². The molecule has 0 bridgehead atoms. The maximum Gasteiger partial charge on any atom is 0.341 e. The van der Waals surface area contributed by atoms with Gasteiger partial charge in [0.05, 0.1) is 22.5 Å². The molecule has 0 spiro atoms. The van der Waals surface area contributed by atoms with Crippen molar-refractivity contribution in [3.63, 3.8) is 0 Å². The van der Waals surface area contributed by atoms with Crippen LogP contribution in [0.25, 0.3) is 16.7 Å². The molecule has 0 unspecified atom stereocenters. The first-order valence-corrected chi connectivity index (χ1v) is 12.8. The summed E-state index contributed by atoms with van der Waals surface area (Å²) in [6.45, 7) is 7.90. The van der Waals surface area contributed by atoms with Crippen molar-refractivity contribution >= 4 is 34.2 Å². The van der Waals surface area contributed by atoms with E-state index < -0.39 is 22.4 Å². The summed E-state index contributed by atoms with van der Waals surface area (Å²) in [7, 11) is 0. The summed E-state index contributed by atoms with van der Waals surface area (Å²) in [5.41, 5.74) is 0.732. The van der Waals surface area contributed by atoms with Gasteiger partial charge in [0.15, 0.2) is 5.49 Å². The van der Waals surface area contributed by atoms with E-state index in [1.54, 1.807) is 23.8 Å². The van der Waals surface area contributed by atoms with E-state index in [0.717, 1.165) is 5.56 Å². The number of aromatic nitrogens is 3. The van der Waals surface area contributed by atoms with Crippen LogP contribution < -0.4 is 11.0 Å². The van der Waals surface area contributed by atoms with Crippen LogP contribution in [0.2, 0.25) is 0 Å². The van der Waals surface area contributed by atoms with Gasteiger partial charge in [-0.25, -0.2) is 9.78 Å². The largest absolute Gasteiger partial charge is 0.462 e. The summed E-state index contributed by atoms with van der Waals surface area (Å²) in [5.74, 6) is -1.57. The molecule has 0 atom stereocenters. The highest BCUT2D eigenvalue weighted by Gasteiger charge is 2.22. The van der Waals surface area contributed by atoms with Crippen LogP contribution in [0, 0.1) is 24.0 Å². The van der Waals surface area contributed by atoms with Gasteiger partial charge in [-0.3, -0.25) is 24.1 Å². The van der Waals surface area contributed by atoms with E-state index in [2.05, 4.69) is 4.99 Å². The number of aryl methyl sites for hydroxylation is 2.